The highest BCUT2D eigenvalue weighted by atomic mass is 16.5. The van der Waals surface area contributed by atoms with Crippen molar-refractivity contribution in [3.8, 4) is 5.75 Å². The molecule has 4 rings (SSSR count). The number of hydrogen-bond acceptors (Lipinski definition) is 4. The third-order valence-electron chi connectivity index (χ3n) is 5.48. The average molecular weight is 390 g/mol. The first-order valence-electron chi connectivity index (χ1n) is 9.98. The number of nitrogens with zero attached hydrogens (tertiary/aromatic N) is 1. The van der Waals surface area contributed by atoms with E-state index < -0.39 is 0 Å². The lowest BCUT2D eigenvalue weighted by Crippen LogP contribution is -2.43. The van der Waals surface area contributed by atoms with Gasteiger partial charge in [-0.1, -0.05) is 48.5 Å². The second-order valence-electron chi connectivity index (χ2n) is 7.17. The summed E-state index contributed by atoms with van der Waals surface area (Å²) in [5, 5.41) is 5.20. The number of carbonyl (C=O) groups is 1. The summed E-state index contributed by atoms with van der Waals surface area (Å²) in [7, 11) is 1.67. The van der Waals surface area contributed by atoms with E-state index in [1.54, 1.807) is 7.11 Å². The average Bonchev–Trinajstić information content (AvgIpc) is 2.80. The minimum Gasteiger partial charge on any atom is -0.497 e. The number of benzene rings is 3. The molecule has 0 bridgehead atoms. The zero-order valence-electron chi connectivity index (χ0n) is 16.6. The Labute approximate surface area is 171 Å². The first-order chi connectivity index (χ1) is 14.3. The van der Waals surface area contributed by atoms with E-state index in [1.807, 2.05) is 54.6 Å². The summed E-state index contributed by atoms with van der Waals surface area (Å²) in [6.45, 7) is 3.66. The number of carbonyl (C=O) groups excluding carboxylic acids is 1. The van der Waals surface area contributed by atoms with Crippen LogP contribution in [0.2, 0.25) is 0 Å². The lowest BCUT2D eigenvalue weighted by atomic mass is 10.0. The molecule has 3 aromatic carbocycles. The summed E-state index contributed by atoms with van der Waals surface area (Å²) in [5.74, 6) is 0.780. The molecule has 0 spiro atoms. The van der Waals surface area contributed by atoms with Gasteiger partial charge in [-0.2, -0.15) is 0 Å². The standard InChI is InChI=1S/C24H26N2O3/c1-28-20-11-9-19(10-12-20)23(26-13-15-29-16-14-26)17-25-24(27)22-8-4-6-18-5-2-3-7-21(18)22/h2-12,23H,13-17H2,1H3,(H,25,27)/t23-/m1/s1. The molecular weight excluding hydrogens is 364 g/mol. The van der Waals surface area contributed by atoms with Crippen LogP contribution in [0.25, 0.3) is 10.8 Å². The van der Waals surface area contributed by atoms with Gasteiger partial charge < -0.3 is 14.8 Å². The molecule has 150 valence electrons. The van der Waals surface area contributed by atoms with Crippen LogP contribution in [0, 0.1) is 0 Å². The van der Waals surface area contributed by atoms with Crippen molar-refractivity contribution in [1.82, 2.24) is 10.2 Å². The van der Waals surface area contributed by atoms with Crippen molar-refractivity contribution in [1.29, 1.82) is 0 Å². The van der Waals surface area contributed by atoms with E-state index in [2.05, 4.69) is 22.3 Å². The molecule has 1 N–H and O–H groups in total. The number of morpholine rings is 1. The fourth-order valence-corrected chi connectivity index (χ4v) is 3.88. The Balaban J connectivity index is 1.54. The maximum absolute atomic E-state index is 13.0. The Kier molecular flexibility index (Phi) is 6.08. The number of nitrogens with one attached hydrogen (secondary N) is 1. The van der Waals surface area contributed by atoms with Crippen LogP contribution in [-0.4, -0.2) is 50.8 Å². The lowest BCUT2D eigenvalue weighted by Gasteiger charge is -2.35. The molecule has 1 saturated heterocycles. The third kappa shape index (κ3) is 4.42. The van der Waals surface area contributed by atoms with E-state index in [4.69, 9.17) is 9.47 Å². The molecule has 1 heterocycles. The van der Waals surface area contributed by atoms with Gasteiger partial charge in [0.2, 0.25) is 0 Å². The van der Waals surface area contributed by atoms with Gasteiger partial charge in [-0.25, -0.2) is 0 Å². The molecule has 0 aromatic heterocycles. The quantitative estimate of drug-likeness (QED) is 0.698. The van der Waals surface area contributed by atoms with Crippen LogP contribution in [-0.2, 0) is 4.74 Å². The largest absolute Gasteiger partial charge is 0.497 e. The molecule has 5 heteroatoms. The molecule has 29 heavy (non-hydrogen) atoms. The summed E-state index contributed by atoms with van der Waals surface area (Å²) >= 11 is 0. The highest BCUT2D eigenvalue weighted by molar-refractivity contribution is 6.07. The molecule has 1 amide bonds. The predicted molar refractivity (Wildman–Crippen MR) is 114 cm³/mol. The van der Waals surface area contributed by atoms with Gasteiger partial charge in [-0.15, -0.1) is 0 Å². The summed E-state index contributed by atoms with van der Waals surface area (Å²) in [5.41, 5.74) is 1.87. The smallest absolute Gasteiger partial charge is 0.251 e. The number of hydrogen-bond donors (Lipinski definition) is 1. The first kappa shape index (κ1) is 19.4. The number of amides is 1. The summed E-state index contributed by atoms with van der Waals surface area (Å²) in [4.78, 5) is 15.4. The second kappa shape index (κ2) is 9.07. The van der Waals surface area contributed by atoms with Crippen LogP contribution in [0.3, 0.4) is 0 Å². The maximum atomic E-state index is 13.0. The van der Waals surface area contributed by atoms with Crippen LogP contribution in [0.15, 0.2) is 66.7 Å². The topological polar surface area (TPSA) is 50.8 Å². The minimum atomic E-state index is -0.0476. The number of fused-ring (bicyclic) bond motifs is 1. The van der Waals surface area contributed by atoms with E-state index in [9.17, 15) is 4.79 Å². The molecule has 1 fully saturated rings. The maximum Gasteiger partial charge on any atom is 0.251 e. The van der Waals surface area contributed by atoms with E-state index in [1.165, 1.54) is 0 Å². The van der Waals surface area contributed by atoms with Crippen LogP contribution in [0.1, 0.15) is 22.0 Å². The number of methoxy groups -OCH3 is 1. The number of rotatable bonds is 6. The van der Waals surface area contributed by atoms with Crippen LogP contribution in [0.4, 0.5) is 0 Å². The van der Waals surface area contributed by atoms with Crippen LogP contribution >= 0.6 is 0 Å². The van der Waals surface area contributed by atoms with Gasteiger partial charge in [-0.3, -0.25) is 9.69 Å². The van der Waals surface area contributed by atoms with Gasteiger partial charge in [0.15, 0.2) is 0 Å². The lowest BCUT2D eigenvalue weighted by molar-refractivity contribution is 0.0162. The normalized spacial score (nSPS) is 15.8. The Morgan fingerprint density at radius 3 is 2.52 bits per heavy atom. The molecule has 3 aromatic rings. The van der Waals surface area contributed by atoms with E-state index in [0.717, 1.165) is 35.2 Å². The van der Waals surface area contributed by atoms with Crippen molar-refractivity contribution in [2.45, 2.75) is 6.04 Å². The molecule has 0 radical (unpaired) electrons. The second-order valence-corrected chi connectivity index (χ2v) is 7.17. The molecular formula is C24H26N2O3. The Hall–Kier alpha value is -2.89. The molecule has 5 nitrogen and oxygen atoms in total. The van der Waals surface area contributed by atoms with E-state index >= 15 is 0 Å². The zero-order valence-corrected chi connectivity index (χ0v) is 16.6. The molecule has 1 atom stereocenters. The zero-order chi connectivity index (χ0) is 20.1. The van der Waals surface area contributed by atoms with Crippen LogP contribution in [0.5, 0.6) is 5.75 Å². The van der Waals surface area contributed by atoms with Crippen molar-refractivity contribution in [3.05, 3.63) is 77.9 Å². The highest BCUT2D eigenvalue weighted by Gasteiger charge is 2.23. The highest BCUT2D eigenvalue weighted by Crippen LogP contribution is 2.24. The monoisotopic (exact) mass is 390 g/mol. The van der Waals surface area contributed by atoms with Crippen molar-refractivity contribution in [3.63, 3.8) is 0 Å². The van der Waals surface area contributed by atoms with Gasteiger partial charge in [0.1, 0.15) is 5.75 Å². The Morgan fingerprint density at radius 2 is 1.76 bits per heavy atom. The third-order valence-corrected chi connectivity index (χ3v) is 5.48. The van der Waals surface area contributed by atoms with E-state index in [-0.39, 0.29) is 11.9 Å². The Bertz CT molecular complexity index is 960. The molecule has 1 aliphatic heterocycles. The van der Waals surface area contributed by atoms with Crippen molar-refractivity contribution in [2.75, 3.05) is 40.0 Å². The summed E-state index contributed by atoms with van der Waals surface area (Å²) < 4.78 is 10.8. The van der Waals surface area contributed by atoms with Gasteiger partial charge >= 0.3 is 0 Å². The van der Waals surface area contributed by atoms with Crippen molar-refractivity contribution in [2.24, 2.45) is 0 Å². The van der Waals surface area contributed by atoms with Crippen molar-refractivity contribution < 1.29 is 14.3 Å². The molecule has 0 saturated carbocycles. The SMILES string of the molecule is COc1ccc([C@@H](CNC(=O)c2cccc3ccccc23)N2CCOCC2)cc1. The molecule has 1 aliphatic rings. The fraction of sp³-hybridized carbons (Fsp3) is 0.292. The minimum absolute atomic E-state index is 0.0476. The van der Waals surface area contributed by atoms with Gasteiger partial charge in [0.25, 0.3) is 5.91 Å². The Morgan fingerprint density at radius 1 is 1.03 bits per heavy atom. The van der Waals surface area contributed by atoms with Crippen LogP contribution < -0.4 is 10.1 Å². The first-order valence-corrected chi connectivity index (χ1v) is 9.98. The fourth-order valence-electron chi connectivity index (χ4n) is 3.88. The predicted octanol–water partition coefficient (Wildman–Crippen LogP) is 3.65. The molecule has 0 aliphatic carbocycles. The van der Waals surface area contributed by atoms with Crippen molar-refractivity contribution >= 4 is 16.7 Å². The van der Waals surface area contributed by atoms with Gasteiger partial charge in [0, 0.05) is 25.2 Å². The van der Waals surface area contributed by atoms with Gasteiger partial charge in [0.05, 0.1) is 26.4 Å². The summed E-state index contributed by atoms with van der Waals surface area (Å²) in [6.07, 6.45) is 0. The van der Waals surface area contributed by atoms with E-state index in [0.29, 0.717) is 25.3 Å². The number of ether oxygens (including phenoxy) is 2. The molecule has 0 unspecified atom stereocenters. The summed E-state index contributed by atoms with van der Waals surface area (Å²) in [6, 6.07) is 22.0. The van der Waals surface area contributed by atoms with Gasteiger partial charge in [-0.05, 0) is 34.5 Å².